The van der Waals surface area contributed by atoms with E-state index in [0.717, 1.165) is 0 Å². The van der Waals surface area contributed by atoms with Crippen LogP contribution in [0.2, 0.25) is 0 Å². The maximum atomic E-state index is 5.89. The molecule has 1 atom stereocenters. The summed E-state index contributed by atoms with van der Waals surface area (Å²) in [6.45, 7) is 7.32. The van der Waals surface area contributed by atoms with E-state index < -0.39 is 0 Å². The van der Waals surface area contributed by atoms with Gasteiger partial charge < -0.3 is 15.0 Å². The minimum absolute atomic E-state index is 0.158. The van der Waals surface area contributed by atoms with Crippen LogP contribution in [0.25, 0.3) is 0 Å². The molecule has 1 unspecified atom stereocenters. The molecule has 2 N–H and O–H groups in total. The highest BCUT2D eigenvalue weighted by Gasteiger charge is 2.16. The molecule has 0 bridgehead atoms. The van der Waals surface area contributed by atoms with Gasteiger partial charge in [0.15, 0.2) is 5.82 Å². The van der Waals surface area contributed by atoms with Crippen LogP contribution in [0.3, 0.4) is 0 Å². The van der Waals surface area contributed by atoms with Gasteiger partial charge in [0, 0.05) is 6.61 Å². The topological polar surface area (TPSA) is 74.2 Å². The summed E-state index contributed by atoms with van der Waals surface area (Å²) in [7, 11) is 0. The van der Waals surface area contributed by atoms with Gasteiger partial charge in [-0.2, -0.15) is 4.98 Å². The van der Waals surface area contributed by atoms with Crippen LogP contribution in [0, 0.1) is 5.92 Å². The van der Waals surface area contributed by atoms with Crippen LogP contribution < -0.4 is 5.73 Å². The predicted molar refractivity (Wildman–Crippen MR) is 56.3 cm³/mol. The Morgan fingerprint density at radius 3 is 2.80 bits per heavy atom. The molecule has 0 aliphatic rings. The van der Waals surface area contributed by atoms with E-state index in [9.17, 15) is 0 Å². The van der Waals surface area contributed by atoms with E-state index >= 15 is 0 Å². The van der Waals surface area contributed by atoms with Gasteiger partial charge >= 0.3 is 0 Å². The molecule has 0 fully saturated rings. The van der Waals surface area contributed by atoms with Crippen LogP contribution in [0.15, 0.2) is 4.52 Å². The number of nitrogens with two attached hydrogens (primary N) is 1. The van der Waals surface area contributed by atoms with Gasteiger partial charge in [0.05, 0.1) is 19.1 Å². The molecular formula is C10H19N3O2. The quantitative estimate of drug-likeness (QED) is 0.721. The Labute approximate surface area is 90.0 Å². The fourth-order valence-corrected chi connectivity index (χ4v) is 1.11. The number of ether oxygens (including phenoxy) is 1. The summed E-state index contributed by atoms with van der Waals surface area (Å²) in [4.78, 5) is 4.22. The zero-order chi connectivity index (χ0) is 11.3. The molecule has 0 spiro atoms. The van der Waals surface area contributed by atoms with Crippen molar-refractivity contribution in [3.05, 3.63) is 11.7 Å². The second-order valence-electron chi connectivity index (χ2n) is 3.76. The summed E-state index contributed by atoms with van der Waals surface area (Å²) in [6.07, 6.45) is 0.644. The molecule has 1 rings (SSSR count). The van der Waals surface area contributed by atoms with Crippen molar-refractivity contribution in [1.82, 2.24) is 10.1 Å². The molecule has 5 heteroatoms. The highest BCUT2D eigenvalue weighted by atomic mass is 16.5. The predicted octanol–water partition coefficient (Wildman–Crippen LogP) is 1.30. The number of hydrogen-bond acceptors (Lipinski definition) is 5. The van der Waals surface area contributed by atoms with Gasteiger partial charge in [0.1, 0.15) is 0 Å². The van der Waals surface area contributed by atoms with Gasteiger partial charge in [0.2, 0.25) is 5.89 Å². The van der Waals surface area contributed by atoms with Gasteiger partial charge in [-0.25, -0.2) is 0 Å². The van der Waals surface area contributed by atoms with Crippen molar-refractivity contribution in [1.29, 1.82) is 0 Å². The Kier molecular flexibility index (Phi) is 4.71. The number of nitrogens with zero attached hydrogens (tertiary/aromatic N) is 2. The van der Waals surface area contributed by atoms with E-state index in [0.29, 0.717) is 37.3 Å². The molecule has 0 saturated heterocycles. The Morgan fingerprint density at radius 1 is 1.47 bits per heavy atom. The molecule has 0 aliphatic heterocycles. The third-order valence-electron chi connectivity index (χ3n) is 2.16. The van der Waals surface area contributed by atoms with Gasteiger partial charge in [-0.3, -0.25) is 0 Å². The largest absolute Gasteiger partial charge is 0.381 e. The standard InChI is InChI=1S/C10H19N3O2/c1-4-14-6-5-8-12-10(13-15-8)9(11)7(2)3/h7,9H,4-6,11H2,1-3H3. The number of rotatable bonds is 6. The molecule has 0 radical (unpaired) electrons. The molecule has 0 saturated carbocycles. The summed E-state index contributed by atoms with van der Waals surface area (Å²) in [5, 5.41) is 3.85. The molecule has 0 aromatic carbocycles. The summed E-state index contributed by atoms with van der Waals surface area (Å²) in [5.74, 6) is 1.48. The van der Waals surface area contributed by atoms with Gasteiger partial charge in [0.25, 0.3) is 0 Å². The van der Waals surface area contributed by atoms with E-state index in [1.165, 1.54) is 0 Å². The summed E-state index contributed by atoms with van der Waals surface area (Å²) < 4.78 is 10.3. The first kappa shape index (κ1) is 12.1. The summed E-state index contributed by atoms with van der Waals surface area (Å²) in [5.41, 5.74) is 5.89. The van der Waals surface area contributed by atoms with Gasteiger partial charge in [-0.05, 0) is 12.8 Å². The molecule has 15 heavy (non-hydrogen) atoms. The second-order valence-corrected chi connectivity index (χ2v) is 3.76. The van der Waals surface area contributed by atoms with Gasteiger partial charge in [-0.1, -0.05) is 19.0 Å². The normalized spacial score (nSPS) is 13.4. The smallest absolute Gasteiger partial charge is 0.229 e. The minimum atomic E-state index is -0.158. The first-order chi connectivity index (χ1) is 7.15. The number of aromatic nitrogens is 2. The van der Waals surface area contributed by atoms with Crippen LogP contribution in [0.4, 0.5) is 0 Å². The zero-order valence-electron chi connectivity index (χ0n) is 9.56. The molecule has 0 aliphatic carbocycles. The molecule has 0 amide bonds. The highest BCUT2D eigenvalue weighted by Crippen LogP contribution is 2.15. The monoisotopic (exact) mass is 213 g/mol. The van der Waals surface area contributed by atoms with Crippen LogP contribution in [0.1, 0.15) is 38.5 Å². The van der Waals surface area contributed by atoms with Crippen molar-refractivity contribution in [2.24, 2.45) is 11.7 Å². The molecule has 86 valence electrons. The Hall–Kier alpha value is -0.940. The molecular weight excluding hydrogens is 194 g/mol. The Balaban J connectivity index is 2.48. The minimum Gasteiger partial charge on any atom is -0.381 e. The van der Waals surface area contributed by atoms with Crippen molar-refractivity contribution in [2.45, 2.75) is 33.2 Å². The van der Waals surface area contributed by atoms with Crippen molar-refractivity contribution >= 4 is 0 Å². The van der Waals surface area contributed by atoms with E-state index in [1.54, 1.807) is 0 Å². The van der Waals surface area contributed by atoms with E-state index in [-0.39, 0.29) is 6.04 Å². The Morgan fingerprint density at radius 2 is 2.20 bits per heavy atom. The molecule has 1 aromatic rings. The van der Waals surface area contributed by atoms with Gasteiger partial charge in [-0.15, -0.1) is 0 Å². The maximum absolute atomic E-state index is 5.89. The summed E-state index contributed by atoms with van der Waals surface area (Å²) >= 11 is 0. The molecule has 5 nitrogen and oxygen atoms in total. The first-order valence-corrected chi connectivity index (χ1v) is 5.31. The first-order valence-electron chi connectivity index (χ1n) is 5.31. The molecule has 1 aromatic heterocycles. The van der Waals surface area contributed by atoms with E-state index in [4.69, 9.17) is 15.0 Å². The zero-order valence-corrected chi connectivity index (χ0v) is 9.56. The highest BCUT2D eigenvalue weighted by molar-refractivity contribution is 4.94. The van der Waals surface area contributed by atoms with Crippen LogP contribution >= 0.6 is 0 Å². The SMILES string of the molecule is CCOCCc1nc(C(N)C(C)C)no1. The van der Waals surface area contributed by atoms with E-state index in [2.05, 4.69) is 10.1 Å². The lowest BCUT2D eigenvalue weighted by atomic mass is 10.1. The molecule has 1 heterocycles. The summed E-state index contributed by atoms with van der Waals surface area (Å²) in [6, 6.07) is -0.158. The maximum Gasteiger partial charge on any atom is 0.229 e. The van der Waals surface area contributed by atoms with E-state index in [1.807, 2.05) is 20.8 Å². The number of hydrogen-bond donors (Lipinski definition) is 1. The average molecular weight is 213 g/mol. The van der Waals surface area contributed by atoms with Crippen molar-refractivity contribution in [3.8, 4) is 0 Å². The van der Waals surface area contributed by atoms with Crippen LogP contribution in [-0.2, 0) is 11.2 Å². The third kappa shape index (κ3) is 3.60. The Bertz CT molecular complexity index is 286. The lowest BCUT2D eigenvalue weighted by Crippen LogP contribution is -2.18. The second kappa shape index (κ2) is 5.82. The van der Waals surface area contributed by atoms with Crippen LogP contribution in [0.5, 0.6) is 0 Å². The lowest BCUT2D eigenvalue weighted by molar-refractivity contribution is 0.144. The third-order valence-corrected chi connectivity index (χ3v) is 2.16. The fraction of sp³-hybridized carbons (Fsp3) is 0.800. The van der Waals surface area contributed by atoms with Crippen LogP contribution in [-0.4, -0.2) is 23.4 Å². The lowest BCUT2D eigenvalue weighted by Gasteiger charge is -2.09. The average Bonchev–Trinajstić information content (AvgIpc) is 2.65. The van der Waals surface area contributed by atoms with Crippen molar-refractivity contribution < 1.29 is 9.26 Å². The fourth-order valence-electron chi connectivity index (χ4n) is 1.11. The van der Waals surface area contributed by atoms with Crippen molar-refractivity contribution in [3.63, 3.8) is 0 Å². The van der Waals surface area contributed by atoms with Crippen molar-refractivity contribution in [2.75, 3.05) is 13.2 Å².